The fourth-order valence-electron chi connectivity index (χ4n) is 5.02. The van der Waals surface area contributed by atoms with Gasteiger partial charge in [-0.1, -0.05) is 49.4 Å². The van der Waals surface area contributed by atoms with Crippen LogP contribution in [-0.2, 0) is 20.9 Å². The molecule has 0 fully saturated rings. The van der Waals surface area contributed by atoms with E-state index in [1.807, 2.05) is 47.9 Å². The fraction of sp³-hybridized carbons (Fsp3) is 0.412. The Morgan fingerprint density at radius 2 is 2.12 bits per heavy atom. The number of nitrogens with one attached hydrogen (secondary N) is 1. The van der Waals surface area contributed by atoms with Crippen molar-refractivity contribution in [1.29, 1.82) is 0 Å². The van der Waals surface area contributed by atoms with E-state index < -0.39 is 11.5 Å². The van der Waals surface area contributed by atoms with E-state index in [9.17, 15) is 13.6 Å². The molecular formula is C34H43F2N4O3+. The molecule has 1 aromatic rings. The number of halogens is 2. The minimum absolute atomic E-state index is 0.0828. The number of hydrogen-bond acceptors (Lipinski definition) is 5. The number of rotatable bonds is 14. The Hall–Kier alpha value is -3.75. The smallest absolute Gasteiger partial charge is 0.269 e. The number of ether oxygens (including phenoxy) is 2. The molecule has 0 saturated carbocycles. The number of fused-ring (bicyclic) bond motifs is 1. The van der Waals surface area contributed by atoms with Crippen LogP contribution in [0.4, 0.5) is 14.5 Å². The van der Waals surface area contributed by atoms with Crippen molar-refractivity contribution >= 4 is 30.2 Å². The van der Waals surface area contributed by atoms with Gasteiger partial charge in [0.2, 0.25) is 5.91 Å². The van der Waals surface area contributed by atoms with E-state index in [4.69, 9.17) is 15.2 Å². The zero-order valence-electron chi connectivity index (χ0n) is 25.8. The molecular weight excluding hydrogens is 550 g/mol. The first-order chi connectivity index (χ1) is 20.5. The second kappa shape index (κ2) is 15.1. The number of hydrogen-bond donors (Lipinski definition) is 2. The van der Waals surface area contributed by atoms with E-state index in [0.29, 0.717) is 31.6 Å². The Bertz CT molecular complexity index is 1430. The van der Waals surface area contributed by atoms with E-state index in [0.717, 1.165) is 28.1 Å². The summed E-state index contributed by atoms with van der Waals surface area (Å²) in [6.45, 7) is 11.7. The second-order valence-electron chi connectivity index (χ2n) is 10.9. The SMILES string of the molecule is C=[N+](C1=C=CC=Nc2c(COCN)cccc21)C(CCOC)C1=CC=CC(C)(NC(=O)C(C)=CC=C(C)C(F)(F)CC)C1. The van der Waals surface area contributed by atoms with Gasteiger partial charge < -0.3 is 20.5 Å². The monoisotopic (exact) mass is 593 g/mol. The third kappa shape index (κ3) is 8.65. The zero-order valence-corrected chi connectivity index (χ0v) is 25.8. The lowest BCUT2D eigenvalue weighted by atomic mass is 9.83. The summed E-state index contributed by atoms with van der Waals surface area (Å²) in [5, 5.41) is 3.09. The van der Waals surface area contributed by atoms with Crippen molar-refractivity contribution in [3.63, 3.8) is 0 Å². The van der Waals surface area contributed by atoms with Crippen molar-refractivity contribution in [2.45, 2.75) is 71.1 Å². The van der Waals surface area contributed by atoms with Crippen LogP contribution in [0.3, 0.4) is 0 Å². The molecule has 0 aromatic heterocycles. The van der Waals surface area contributed by atoms with Gasteiger partial charge in [-0.3, -0.25) is 9.79 Å². The number of aliphatic imine (C=N–C) groups is 1. The molecule has 1 aromatic carbocycles. The van der Waals surface area contributed by atoms with Crippen molar-refractivity contribution in [3.05, 3.63) is 88.2 Å². The third-order valence-electron chi connectivity index (χ3n) is 7.64. The number of para-hydroxylation sites is 1. The molecule has 230 valence electrons. The van der Waals surface area contributed by atoms with E-state index >= 15 is 0 Å². The highest BCUT2D eigenvalue weighted by atomic mass is 19.3. The number of allylic oxidation sites excluding steroid dienone is 6. The first-order valence-electron chi connectivity index (χ1n) is 14.4. The van der Waals surface area contributed by atoms with Crippen molar-refractivity contribution in [2.75, 3.05) is 20.4 Å². The maximum absolute atomic E-state index is 14.0. The minimum atomic E-state index is -2.91. The van der Waals surface area contributed by atoms with Gasteiger partial charge in [-0.2, -0.15) is 4.58 Å². The molecule has 0 radical (unpaired) electrons. The predicted octanol–water partition coefficient (Wildman–Crippen LogP) is 6.15. The highest BCUT2D eigenvalue weighted by Gasteiger charge is 2.36. The summed E-state index contributed by atoms with van der Waals surface area (Å²) in [5.41, 5.74) is 12.8. The standard InChI is InChI=1S/C34H42F2N4O3/c1-7-34(35,36)25(3)16-15-24(2)32(41)39-33(4)18-9-12-26(21-33)29(17-20-42-6)40(5)30-14-10-19-38-31-27(22-43-23-37)11-8-13-28(30)31/h8-13,15-16,18-19,29H,5,7,17,20-23,37H2,1-4,6H3/p+1. The summed E-state index contributed by atoms with van der Waals surface area (Å²) in [6, 6.07) is 5.69. The summed E-state index contributed by atoms with van der Waals surface area (Å²) in [4.78, 5) is 17.8. The Kier molecular flexibility index (Phi) is 11.9. The lowest BCUT2D eigenvalue weighted by Gasteiger charge is -2.33. The molecule has 1 amide bonds. The number of benzene rings is 1. The number of carbonyl (C=O) groups is 1. The molecule has 1 heterocycles. The van der Waals surface area contributed by atoms with Crippen LogP contribution in [0.15, 0.2) is 82.1 Å². The van der Waals surface area contributed by atoms with E-state index in [2.05, 4.69) is 22.8 Å². The van der Waals surface area contributed by atoms with Gasteiger partial charge in [-0.15, -0.1) is 0 Å². The summed E-state index contributed by atoms with van der Waals surface area (Å²) < 4.78 is 40.8. The van der Waals surface area contributed by atoms with Crippen molar-refractivity contribution in [2.24, 2.45) is 10.7 Å². The summed E-state index contributed by atoms with van der Waals surface area (Å²) in [7, 11) is 1.66. The van der Waals surface area contributed by atoms with Gasteiger partial charge in [0.1, 0.15) is 6.72 Å². The van der Waals surface area contributed by atoms with Gasteiger partial charge in [0.15, 0.2) is 6.04 Å². The highest BCUT2D eigenvalue weighted by molar-refractivity contribution is 5.94. The van der Waals surface area contributed by atoms with Gasteiger partial charge in [-0.05, 0) is 38.1 Å². The van der Waals surface area contributed by atoms with Crippen LogP contribution in [0.1, 0.15) is 58.1 Å². The Morgan fingerprint density at radius 3 is 2.81 bits per heavy atom. The van der Waals surface area contributed by atoms with Crippen LogP contribution in [0.25, 0.3) is 5.70 Å². The zero-order chi connectivity index (χ0) is 31.6. The van der Waals surface area contributed by atoms with E-state index in [-0.39, 0.29) is 30.7 Å². The number of methoxy groups -OCH3 is 1. The van der Waals surface area contributed by atoms with Crippen LogP contribution < -0.4 is 11.1 Å². The van der Waals surface area contributed by atoms with Crippen LogP contribution in [0.2, 0.25) is 0 Å². The Labute approximate surface area is 253 Å². The van der Waals surface area contributed by atoms with Crippen LogP contribution in [0, 0.1) is 0 Å². The van der Waals surface area contributed by atoms with Crippen LogP contribution in [-0.4, -0.2) is 61.4 Å². The number of carbonyl (C=O) groups excluding carboxylic acids is 1. The Morgan fingerprint density at radius 1 is 1.35 bits per heavy atom. The molecule has 0 saturated heterocycles. The van der Waals surface area contributed by atoms with Gasteiger partial charge in [-0.25, -0.2) is 8.78 Å². The van der Waals surface area contributed by atoms with E-state index in [1.54, 1.807) is 26.3 Å². The molecule has 7 nitrogen and oxygen atoms in total. The van der Waals surface area contributed by atoms with Gasteiger partial charge in [0, 0.05) is 55.4 Å². The molecule has 43 heavy (non-hydrogen) atoms. The third-order valence-corrected chi connectivity index (χ3v) is 7.64. The topological polar surface area (TPSA) is 89.0 Å². The fourth-order valence-corrected chi connectivity index (χ4v) is 5.02. The lowest BCUT2D eigenvalue weighted by Crippen LogP contribution is -2.47. The van der Waals surface area contributed by atoms with Gasteiger partial charge in [0.25, 0.3) is 11.6 Å². The van der Waals surface area contributed by atoms with Gasteiger partial charge in [0.05, 0.1) is 36.7 Å². The quantitative estimate of drug-likeness (QED) is 0.0677. The molecule has 9 heteroatoms. The van der Waals surface area contributed by atoms with Crippen LogP contribution in [0.5, 0.6) is 0 Å². The molecule has 1 aliphatic heterocycles. The first kappa shape index (κ1) is 33.7. The largest absolute Gasteiger partial charge is 0.384 e. The number of alkyl halides is 2. The molecule has 1 aliphatic carbocycles. The van der Waals surface area contributed by atoms with Crippen molar-refractivity contribution in [3.8, 4) is 0 Å². The van der Waals surface area contributed by atoms with Crippen molar-refractivity contribution < 1.29 is 27.6 Å². The molecule has 2 atom stereocenters. The predicted molar refractivity (Wildman–Crippen MR) is 169 cm³/mol. The number of amides is 1. The van der Waals surface area contributed by atoms with Gasteiger partial charge >= 0.3 is 0 Å². The second-order valence-corrected chi connectivity index (χ2v) is 10.9. The molecule has 2 aliphatic rings. The number of nitrogens with zero attached hydrogens (tertiary/aromatic N) is 2. The number of nitrogens with two attached hydrogens (primary N) is 1. The summed E-state index contributed by atoms with van der Waals surface area (Å²) >= 11 is 0. The molecule has 3 N–H and O–H groups in total. The normalized spacial score (nSPS) is 19.3. The molecule has 2 unspecified atom stereocenters. The summed E-state index contributed by atoms with van der Waals surface area (Å²) in [6.07, 6.45) is 13.0. The summed E-state index contributed by atoms with van der Waals surface area (Å²) in [5.74, 6) is -3.23. The lowest BCUT2D eigenvalue weighted by molar-refractivity contribution is -0.459. The van der Waals surface area contributed by atoms with Crippen LogP contribution >= 0.6 is 0 Å². The Balaban J connectivity index is 1.87. The molecule has 0 spiro atoms. The maximum Gasteiger partial charge on any atom is 0.269 e. The minimum Gasteiger partial charge on any atom is -0.384 e. The molecule has 0 bridgehead atoms. The van der Waals surface area contributed by atoms with E-state index in [1.165, 1.54) is 26.0 Å². The average molecular weight is 594 g/mol. The first-order valence-corrected chi connectivity index (χ1v) is 14.4. The maximum atomic E-state index is 14.0. The van der Waals surface area contributed by atoms with Crippen molar-refractivity contribution in [1.82, 2.24) is 5.32 Å². The average Bonchev–Trinajstić information content (AvgIpc) is 3.21. The molecule has 3 rings (SSSR count). The highest BCUT2D eigenvalue weighted by Crippen LogP contribution is 2.35.